The van der Waals surface area contributed by atoms with Crippen LogP contribution < -0.4 is 16.0 Å². The Hall–Kier alpha value is -3.10. The molecule has 0 bridgehead atoms. The number of nitrogens with one attached hydrogen (secondary N) is 3. The smallest absolute Gasteiger partial charge is 0.326 e. The summed E-state index contributed by atoms with van der Waals surface area (Å²) >= 11 is 0. The molecule has 1 atom stereocenters. The van der Waals surface area contributed by atoms with Gasteiger partial charge in [0.1, 0.15) is 6.04 Å². The lowest BCUT2D eigenvalue weighted by atomic mass is 10.1. The van der Waals surface area contributed by atoms with E-state index in [0.717, 1.165) is 12.8 Å². The monoisotopic (exact) mass is 379 g/mol. The van der Waals surface area contributed by atoms with Crippen molar-refractivity contribution in [3.63, 3.8) is 0 Å². The predicted molar refractivity (Wildman–Crippen MR) is 97.5 cm³/mol. The Morgan fingerprint density at radius 1 is 0.889 bits per heavy atom. The van der Waals surface area contributed by atoms with Crippen molar-refractivity contribution < 1.29 is 29.4 Å². The second-order valence-electron chi connectivity index (χ2n) is 5.91. The van der Waals surface area contributed by atoms with Crippen molar-refractivity contribution >= 4 is 23.9 Å². The van der Waals surface area contributed by atoms with E-state index in [-0.39, 0.29) is 18.7 Å². The van der Waals surface area contributed by atoms with Gasteiger partial charge < -0.3 is 26.2 Å². The fourth-order valence-electron chi connectivity index (χ4n) is 2.26. The van der Waals surface area contributed by atoms with Gasteiger partial charge in [-0.2, -0.15) is 0 Å². The van der Waals surface area contributed by atoms with E-state index in [4.69, 9.17) is 10.2 Å². The minimum Gasteiger partial charge on any atom is -0.481 e. The summed E-state index contributed by atoms with van der Waals surface area (Å²) in [4.78, 5) is 44.9. The molecule has 1 aromatic rings. The molecule has 3 amide bonds. The molecule has 0 unspecified atom stereocenters. The van der Waals surface area contributed by atoms with E-state index >= 15 is 0 Å². The first-order valence-electron chi connectivity index (χ1n) is 8.72. The lowest BCUT2D eigenvalue weighted by Gasteiger charge is -2.14. The first kappa shape index (κ1) is 21.9. The van der Waals surface area contributed by atoms with Crippen LogP contribution in [0.3, 0.4) is 0 Å². The van der Waals surface area contributed by atoms with Gasteiger partial charge in [0.2, 0.25) is 0 Å². The average molecular weight is 379 g/mol. The van der Waals surface area contributed by atoms with Gasteiger partial charge in [0.05, 0.1) is 0 Å². The number of carboxylic acid groups (broad SMARTS) is 2. The Balaban J connectivity index is 2.11. The molecule has 0 heterocycles. The molecule has 1 aromatic carbocycles. The topological polar surface area (TPSA) is 145 Å². The molecule has 0 saturated carbocycles. The van der Waals surface area contributed by atoms with E-state index in [1.165, 1.54) is 0 Å². The number of carboxylic acids is 2. The molecule has 9 nitrogen and oxygen atoms in total. The molecular weight excluding hydrogens is 354 g/mol. The maximum absolute atomic E-state index is 11.8. The summed E-state index contributed by atoms with van der Waals surface area (Å²) in [5.74, 6) is -2.53. The van der Waals surface area contributed by atoms with Crippen molar-refractivity contribution in [2.24, 2.45) is 0 Å². The van der Waals surface area contributed by atoms with Gasteiger partial charge in [0, 0.05) is 25.1 Å². The third kappa shape index (κ3) is 9.83. The highest BCUT2D eigenvalue weighted by Gasteiger charge is 2.20. The molecule has 27 heavy (non-hydrogen) atoms. The number of urea groups is 1. The third-order valence-corrected chi connectivity index (χ3v) is 3.71. The summed E-state index contributed by atoms with van der Waals surface area (Å²) in [7, 11) is 0. The van der Waals surface area contributed by atoms with Crippen LogP contribution in [-0.2, 0) is 9.59 Å². The SMILES string of the molecule is O=C(O)CC[C@H](NC(=O)NCCCCCNC(=O)c1ccccc1)C(=O)O. The molecule has 5 N–H and O–H groups in total. The van der Waals surface area contributed by atoms with Crippen LogP contribution >= 0.6 is 0 Å². The van der Waals surface area contributed by atoms with Crippen molar-refractivity contribution in [1.82, 2.24) is 16.0 Å². The Morgan fingerprint density at radius 3 is 2.11 bits per heavy atom. The van der Waals surface area contributed by atoms with E-state index in [1.807, 2.05) is 6.07 Å². The van der Waals surface area contributed by atoms with Crippen LogP contribution in [0.4, 0.5) is 4.79 Å². The van der Waals surface area contributed by atoms with Crippen LogP contribution in [0.15, 0.2) is 30.3 Å². The number of carbonyl (C=O) groups is 4. The number of aliphatic carboxylic acids is 2. The number of carbonyl (C=O) groups excluding carboxylic acids is 2. The molecule has 0 fully saturated rings. The van der Waals surface area contributed by atoms with E-state index < -0.39 is 24.0 Å². The maximum atomic E-state index is 11.8. The van der Waals surface area contributed by atoms with E-state index in [0.29, 0.717) is 25.1 Å². The second kappa shape index (κ2) is 12.3. The molecule has 0 aliphatic heterocycles. The summed E-state index contributed by atoms with van der Waals surface area (Å²) in [6.07, 6.45) is 1.67. The molecule has 0 aliphatic carbocycles. The summed E-state index contributed by atoms with van der Waals surface area (Å²) in [6.45, 7) is 0.875. The van der Waals surface area contributed by atoms with Crippen LogP contribution in [0.5, 0.6) is 0 Å². The summed E-state index contributed by atoms with van der Waals surface area (Å²) in [6, 6.07) is 7.01. The zero-order valence-corrected chi connectivity index (χ0v) is 14.9. The largest absolute Gasteiger partial charge is 0.481 e. The molecule has 0 saturated heterocycles. The highest BCUT2D eigenvalue weighted by molar-refractivity contribution is 5.94. The molecule has 148 valence electrons. The molecule has 0 aliphatic rings. The van der Waals surface area contributed by atoms with Crippen molar-refractivity contribution in [3.05, 3.63) is 35.9 Å². The number of hydrogen-bond acceptors (Lipinski definition) is 4. The van der Waals surface area contributed by atoms with Crippen LogP contribution in [0.25, 0.3) is 0 Å². The Kier molecular flexibility index (Phi) is 9.98. The van der Waals surface area contributed by atoms with Gasteiger partial charge in [-0.25, -0.2) is 9.59 Å². The van der Waals surface area contributed by atoms with Crippen LogP contribution in [-0.4, -0.2) is 53.2 Å². The van der Waals surface area contributed by atoms with Gasteiger partial charge in [-0.3, -0.25) is 9.59 Å². The Labute approximate surface area is 157 Å². The fraction of sp³-hybridized carbons (Fsp3) is 0.444. The van der Waals surface area contributed by atoms with Crippen molar-refractivity contribution in [1.29, 1.82) is 0 Å². The van der Waals surface area contributed by atoms with Crippen molar-refractivity contribution in [2.75, 3.05) is 13.1 Å². The summed E-state index contributed by atoms with van der Waals surface area (Å²) < 4.78 is 0. The first-order chi connectivity index (χ1) is 12.9. The van der Waals surface area contributed by atoms with Crippen LogP contribution in [0.2, 0.25) is 0 Å². The summed E-state index contributed by atoms with van der Waals surface area (Å²) in [5, 5.41) is 25.1. The normalized spacial score (nSPS) is 11.3. The van der Waals surface area contributed by atoms with Gasteiger partial charge in [-0.05, 0) is 37.8 Å². The minimum absolute atomic E-state index is 0.130. The fourth-order valence-corrected chi connectivity index (χ4v) is 2.26. The Morgan fingerprint density at radius 2 is 1.52 bits per heavy atom. The molecule has 0 spiro atoms. The minimum atomic E-state index is -1.28. The summed E-state index contributed by atoms with van der Waals surface area (Å²) in [5.41, 5.74) is 0.603. The van der Waals surface area contributed by atoms with E-state index in [2.05, 4.69) is 16.0 Å². The van der Waals surface area contributed by atoms with E-state index in [1.54, 1.807) is 24.3 Å². The van der Waals surface area contributed by atoms with Gasteiger partial charge in [0.15, 0.2) is 0 Å². The van der Waals surface area contributed by atoms with Crippen LogP contribution in [0.1, 0.15) is 42.5 Å². The number of hydrogen-bond donors (Lipinski definition) is 5. The van der Waals surface area contributed by atoms with Gasteiger partial charge in [-0.15, -0.1) is 0 Å². The van der Waals surface area contributed by atoms with Gasteiger partial charge >= 0.3 is 18.0 Å². The standard InChI is InChI=1S/C18H25N3O6/c22-15(23)10-9-14(17(25)26)21-18(27)20-12-6-2-5-11-19-16(24)13-7-3-1-4-8-13/h1,3-4,7-8,14H,2,5-6,9-12H2,(H,19,24)(H,22,23)(H,25,26)(H2,20,21,27)/t14-/m0/s1. The number of benzene rings is 1. The van der Waals surface area contributed by atoms with Crippen molar-refractivity contribution in [3.8, 4) is 0 Å². The molecule has 1 rings (SSSR count). The van der Waals surface area contributed by atoms with Gasteiger partial charge in [0.25, 0.3) is 5.91 Å². The predicted octanol–water partition coefficient (Wildman–Crippen LogP) is 1.20. The average Bonchev–Trinajstić information content (AvgIpc) is 2.64. The molecule has 9 heteroatoms. The van der Waals surface area contributed by atoms with E-state index in [9.17, 15) is 19.2 Å². The Bertz CT molecular complexity index is 635. The van der Waals surface area contributed by atoms with Crippen LogP contribution in [0, 0.1) is 0 Å². The van der Waals surface area contributed by atoms with Gasteiger partial charge in [-0.1, -0.05) is 18.2 Å². The second-order valence-corrected chi connectivity index (χ2v) is 5.91. The lowest BCUT2D eigenvalue weighted by Crippen LogP contribution is -2.46. The highest BCUT2D eigenvalue weighted by Crippen LogP contribution is 2.00. The zero-order valence-electron chi connectivity index (χ0n) is 14.9. The molecule has 0 aromatic heterocycles. The highest BCUT2D eigenvalue weighted by atomic mass is 16.4. The third-order valence-electron chi connectivity index (χ3n) is 3.71. The van der Waals surface area contributed by atoms with Crippen molar-refractivity contribution in [2.45, 2.75) is 38.1 Å². The number of amides is 3. The molecular formula is C18H25N3O6. The number of rotatable bonds is 12. The first-order valence-corrected chi connectivity index (χ1v) is 8.72. The lowest BCUT2D eigenvalue weighted by molar-refractivity contribution is -0.140. The maximum Gasteiger partial charge on any atom is 0.326 e. The quantitative estimate of drug-likeness (QED) is 0.345. The number of unbranched alkanes of at least 4 members (excludes halogenated alkanes) is 2. The molecule has 0 radical (unpaired) electrons. The zero-order chi connectivity index (χ0) is 20.1.